The van der Waals surface area contributed by atoms with Gasteiger partial charge in [0.25, 0.3) is 5.91 Å². The fourth-order valence-corrected chi connectivity index (χ4v) is 3.97. The minimum atomic E-state index is -0.154. The quantitative estimate of drug-likeness (QED) is 0.742. The van der Waals surface area contributed by atoms with Crippen LogP contribution in [0.4, 0.5) is 28.1 Å². The Morgan fingerprint density at radius 3 is 2.63 bits per heavy atom. The van der Waals surface area contributed by atoms with E-state index in [2.05, 4.69) is 20.4 Å². The van der Waals surface area contributed by atoms with Gasteiger partial charge < -0.3 is 15.1 Å². The number of hydrogen-bond donors (Lipinski definition) is 1. The molecule has 1 aliphatic rings. The van der Waals surface area contributed by atoms with E-state index in [0.29, 0.717) is 29.7 Å². The molecular weight excluding hydrogens is 364 g/mol. The highest BCUT2D eigenvalue weighted by Crippen LogP contribution is 2.41. The maximum Gasteiger partial charge on any atom is 0.279 e. The molecule has 3 aromatic rings. The minimum Gasteiger partial charge on any atom is -0.321 e. The van der Waals surface area contributed by atoms with E-state index in [0.717, 1.165) is 21.4 Å². The molecule has 0 radical (unpaired) electrons. The van der Waals surface area contributed by atoms with Crippen molar-refractivity contribution in [2.75, 3.05) is 28.7 Å². The SMILES string of the molecule is CCN1c2nc(Nc3cnn(C)c3C)ncc2N(C)C(=O)c2nc(C)sc21. The summed E-state index contributed by atoms with van der Waals surface area (Å²) in [6.45, 7) is 6.55. The number of carbonyl (C=O) groups is 1. The molecule has 0 fully saturated rings. The minimum absolute atomic E-state index is 0.154. The van der Waals surface area contributed by atoms with Gasteiger partial charge in [-0.25, -0.2) is 9.97 Å². The predicted octanol–water partition coefficient (Wildman–Crippen LogP) is 2.78. The average molecular weight is 384 g/mol. The fourth-order valence-electron chi connectivity index (χ4n) is 3.00. The van der Waals surface area contributed by atoms with Gasteiger partial charge in [0.2, 0.25) is 5.95 Å². The van der Waals surface area contributed by atoms with Gasteiger partial charge in [0.15, 0.2) is 11.5 Å². The van der Waals surface area contributed by atoms with E-state index in [4.69, 9.17) is 4.98 Å². The summed E-state index contributed by atoms with van der Waals surface area (Å²) in [5.41, 5.74) is 2.93. The summed E-state index contributed by atoms with van der Waals surface area (Å²) in [6.07, 6.45) is 3.41. The lowest BCUT2D eigenvalue weighted by molar-refractivity contribution is 0.0990. The van der Waals surface area contributed by atoms with Crippen LogP contribution in [0.25, 0.3) is 0 Å². The van der Waals surface area contributed by atoms with Gasteiger partial charge in [-0.2, -0.15) is 10.1 Å². The number of aromatic nitrogens is 5. The molecule has 0 bridgehead atoms. The summed E-state index contributed by atoms with van der Waals surface area (Å²) in [5, 5.41) is 9.11. The lowest BCUT2D eigenvalue weighted by Crippen LogP contribution is -2.26. The number of nitrogens with zero attached hydrogens (tertiary/aromatic N) is 7. The van der Waals surface area contributed by atoms with Crippen molar-refractivity contribution in [3.05, 3.63) is 28.8 Å². The van der Waals surface area contributed by atoms with Crippen LogP contribution in [0.5, 0.6) is 0 Å². The van der Waals surface area contributed by atoms with E-state index in [1.165, 1.54) is 11.3 Å². The van der Waals surface area contributed by atoms with Gasteiger partial charge in [-0.05, 0) is 20.8 Å². The Hall–Kier alpha value is -3.01. The Balaban J connectivity index is 1.82. The van der Waals surface area contributed by atoms with Crippen LogP contribution in [-0.4, -0.2) is 44.2 Å². The van der Waals surface area contributed by atoms with Gasteiger partial charge in [0.1, 0.15) is 10.7 Å². The maximum absolute atomic E-state index is 12.9. The molecule has 0 aromatic carbocycles. The third-order valence-corrected chi connectivity index (χ3v) is 5.63. The Labute approximate surface area is 160 Å². The highest BCUT2D eigenvalue weighted by molar-refractivity contribution is 7.16. The topological polar surface area (TPSA) is 92.1 Å². The van der Waals surface area contributed by atoms with Gasteiger partial charge >= 0.3 is 0 Å². The van der Waals surface area contributed by atoms with Crippen LogP contribution in [0.3, 0.4) is 0 Å². The van der Waals surface area contributed by atoms with Crippen LogP contribution < -0.4 is 15.1 Å². The van der Waals surface area contributed by atoms with E-state index in [1.54, 1.807) is 29.0 Å². The van der Waals surface area contributed by atoms with Crippen molar-refractivity contribution in [1.82, 2.24) is 24.7 Å². The van der Waals surface area contributed by atoms with Crippen LogP contribution in [0.15, 0.2) is 12.4 Å². The Morgan fingerprint density at radius 2 is 1.96 bits per heavy atom. The van der Waals surface area contributed by atoms with E-state index in [9.17, 15) is 4.79 Å². The molecule has 27 heavy (non-hydrogen) atoms. The molecule has 9 nitrogen and oxygen atoms in total. The lowest BCUT2D eigenvalue weighted by atomic mass is 10.3. The molecule has 4 rings (SSSR count). The Bertz CT molecular complexity index is 1040. The number of aryl methyl sites for hydroxylation is 2. The molecule has 3 aromatic heterocycles. The number of carbonyl (C=O) groups excluding carboxylic acids is 1. The molecule has 0 atom stereocenters. The molecular formula is C17H20N8OS. The molecule has 0 saturated heterocycles. The van der Waals surface area contributed by atoms with Crippen LogP contribution in [-0.2, 0) is 7.05 Å². The van der Waals surface area contributed by atoms with Crippen molar-refractivity contribution < 1.29 is 4.79 Å². The van der Waals surface area contributed by atoms with Gasteiger partial charge in [-0.1, -0.05) is 0 Å². The van der Waals surface area contributed by atoms with E-state index >= 15 is 0 Å². The molecule has 140 valence electrons. The smallest absolute Gasteiger partial charge is 0.279 e. The van der Waals surface area contributed by atoms with Gasteiger partial charge in [-0.15, -0.1) is 11.3 Å². The number of nitrogens with one attached hydrogen (secondary N) is 1. The molecule has 4 heterocycles. The van der Waals surface area contributed by atoms with Crippen LogP contribution in [0, 0.1) is 13.8 Å². The number of amides is 1. The zero-order chi connectivity index (χ0) is 19.3. The first-order valence-corrected chi connectivity index (χ1v) is 9.38. The van der Waals surface area contributed by atoms with Crippen LogP contribution in [0.2, 0.25) is 0 Å². The van der Waals surface area contributed by atoms with E-state index < -0.39 is 0 Å². The number of fused-ring (bicyclic) bond motifs is 2. The van der Waals surface area contributed by atoms with Gasteiger partial charge in [-0.3, -0.25) is 9.48 Å². The second-order valence-electron chi connectivity index (χ2n) is 6.29. The van der Waals surface area contributed by atoms with E-state index in [-0.39, 0.29) is 5.91 Å². The Morgan fingerprint density at radius 1 is 1.19 bits per heavy atom. The highest BCUT2D eigenvalue weighted by atomic mass is 32.1. The molecule has 1 aliphatic heterocycles. The molecule has 0 saturated carbocycles. The molecule has 1 N–H and O–H groups in total. The predicted molar refractivity (Wildman–Crippen MR) is 106 cm³/mol. The van der Waals surface area contributed by atoms with Crippen LogP contribution >= 0.6 is 11.3 Å². The number of rotatable bonds is 3. The first-order chi connectivity index (χ1) is 12.9. The molecule has 0 aliphatic carbocycles. The third kappa shape index (κ3) is 2.72. The largest absolute Gasteiger partial charge is 0.321 e. The summed E-state index contributed by atoms with van der Waals surface area (Å²) in [5.74, 6) is 0.975. The van der Waals surface area contributed by atoms with E-state index in [1.807, 2.05) is 32.7 Å². The number of hydrogen-bond acceptors (Lipinski definition) is 8. The Kier molecular flexibility index (Phi) is 4.06. The molecule has 0 unspecified atom stereocenters. The summed E-state index contributed by atoms with van der Waals surface area (Å²) in [6, 6.07) is 0. The standard InChI is InChI=1S/C17H20N8OS/c1-6-25-14-12(23(4)15(26)13-16(25)27-10(3)20-13)8-18-17(22-14)21-11-7-19-24(5)9(11)2/h7-8H,6H2,1-5H3,(H,18,21,22). The van der Waals surface area contributed by atoms with Gasteiger partial charge in [0, 0.05) is 20.6 Å². The first kappa shape index (κ1) is 17.4. The van der Waals surface area contributed by atoms with Gasteiger partial charge in [0.05, 0.1) is 28.8 Å². The summed E-state index contributed by atoms with van der Waals surface area (Å²) in [7, 11) is 3.60. The van der Waals surface area contributed by atoms with Crippen LogP contribution in [0.1, 0.15) is 28.1 Å². The molecule has 1 amide bonds. The second kappa shape index (κ2) is 6.31. The average Bonchev–Trinajstić information content (AvgIpc) is 3.16. The fraction of sp³-hybridized carbons (Fsp3) is 0.353. The maximum atomic E-state index is 12.9. The zero-order valence-electron chi connectivity index (χ0n) is 15.8. The second-order valence-corrected chi connectivity index (χ2v) is 7.47. The summed E-state index contributed by atoms with van der Waals surface area (Å²) in [4.78, 5) is 30.0. The summed E-state index contributed by atoms with van der Waals surface area (Å²) < 4.78 is 1.78. The van der Waals surface area contributed by atoms with Crippen molar-refractivity contribution in [3.8, 4) is 0 Å². The summed E-state index contributed by atoms with van der Waals surface area (Å²) >= 11 is 1.49. The van der Waals surface area contributed by atoms with Crippen molar-refractivity contribution >= 4 is 45.4 Å². The van der Waals surface area contributed by atoms with Crippen molar-refractivity contribution in [1.29, 1.82) is 0 Å². The normalized spacial score (nSPS) is 13.4. The van der Waals surface area contributed by atoms with Crippen molar-refractivity contribution in [2.24, 2.45) is 7.05 Å². The molecule has 10 heteroatoms. The number of thiazole rings is 1. The van der Waals surface area contributed by atoms with Crippen molar-refractivity contribution in [2.45, 2.75) is 20.8 Å². The number of anilines is 5. The lowest BCUT2D eigenvalue weighted by Gasteiger charge is -2.22. The first-order valence-electron chi connectivity index (χ1n) is 8.56. The molecule has 0 spiro atoms. The van der Waals surface area contributed by atoms with Crippen molar-refractivity contribution in [3.63, 3.8) is 0 Å². The highest BCUT2D eigenvalue weighted by Gasteiger charge is 2.33. The third-order valence-electron chi connectivity index (χ3n) is 4.63. The monoisotopic (exact) mass is 384 g/mol. The zero-order valence-corrected chi connectivity index (χ0v) is 16.6.